The molecule has 0 saturated heterocycles. The van der Waals surface area contributed by atoms with Crippen LogP contribution in [0.3, 0.4) is 0 Å². The molecule has 0 aromatic heterocycles. The lowest BCUT2D eigenvalue weighted by Crippen LogP contribution is -2.21. The Morgan fingerprint density at radius 1 is 1.32 bits per heavy atom. The topological polar surface area (TPSA) is 57.5 Å². The molecule has 0 bridgehead atoms. The number of aromatic hydroxyl groups is 1. The van der Waals surface area contributed by atoms with Crippen molar-refractivity contribution in [3.8, 4) is 5.75 Å². The van der Waals surface area contributed by atoms with Gasteiger partial charge in [-0.05, 0) is 37.7 Å². The van der Waals surface area contributed by atoms with Crippen LogP contribution in [0.1, 0.15) is 50.3 Å². The molecule has 1 atom stereocenters. The number of rotatable bonds is 5. The van der Waals surface area contributed by atoms with Gasteiger partial charge in [-0.15, -0.1) is 0 Å². The summed E-state index contributed by atoms with van der Waals surface area (Å²) in [6.07, 6.45) is 1.34. The van der Waals surface area contributed by atoms with Crippen molar-refractivity contribution in [3.05, 3.63) is 28.8 Å². The van der Waals surface area contributed by atoms with Gasteiger partial charge in [0.25, 0.3) is 0 Å². The number of benzene rings is 1. The summed E-state index contributed by atoms with van der Waals surface area (Å²) in [6.45, 7) is 9.72. The first-order chi connectivity index (χ1) is 8.65. The molecule has 2 N–H and O–H groups in total. The highest BCUT2D eigenvalue weighted by Gasteiger charge is 2.26. The second-order valence-electron chi connectivity index (χ2n) is 6.14. The maximum Gasteiger partial charge on any atom is 0.306 e. The van der Waals surface area contributed by atoms with E-state index in [2.05, 4.69) is 13.8 Å². The van der Waals surface area contributed by atoms with E-state index < -0.39 is 5.97 Å². The Kier molecular flexibility index (Phi) is 4.61. The predicted molar refractivity (Wildman–Crippen MR) is 76.6 cm³/mol. The molecule has 0 aliphatic rings. The fourth-order valence-corrected chi connectivity index (χ4v) is 2.31. The Morgan fingerprint density at radius 3 is 2.42 bits per heavy atom. The van der Waals surface area contributed by atoms with E-state index in [-0.39, 0.29) is 11.3 Å². The fraction of sp³-hybridized carbons (Fsp3) is 0.562. The molecule has 0 fully saturated rings. The molecule has 3 heteroatoms. The number of carboxylic acids is 1. The van der Waals surface area contributed by atoms with Crippen LogP contribution < -0.4 is 0 Å². The van der Waals surface area contributed by atoms with Gasteiger partial charge in [0.05, 0.1) is 5.92 Å². The molecular formula is C16H24O3. The fourth-order valence-electron chi connectivity index (χ4n) is 2.31. The van der Waals surface area contributed by atoms with Gasteiger partial charge in [-0.3, -0.25) is 4.79 Å². The molecule has 106 valence electrons. The van der Waals surface area contributed by atoms with E-state index in [1.54, 1.807) is 6.92 Å². The Hall–Kier alpha value is -1.51. The SMILES string of the molecule is Cc1cc(C)c(O)c(C(C)(C)CCC(C)C(=O)O)c1. The number of phenolic OH excluding ortho intramolecular Hbond substituents is 1. The summed E-state index contributed by atoms with van der Waals surface area (Å²) < 4.78 is 0. The number of phenols is 1. The first kappa shape index (κ1) is 15.5. The molecule has 1 rings (SSSR count). The van der Waals surface area contributed by atoms with Gasteiger partial charge < -0.3 is 10.2 Å². The number of aliphatic carboxylic acids is 1. The Bertz CT molecular complexity index is 475. The van der Waals surface area contributed by atoms with Crippen molar-refractivity contribution < 1.29 is 15.0 Å². The second kappa shape index (κ2) is 5.64. The number of hydrogen-bond acceptors (Lipinski definition) is 2. The molecule has 0 amide bonds. The van der Waals surface area contributed by atoms with E-state index in [0.717, 1.165) is 23.1 Å². The Balaban J connectivity index is 2.97. The van der Waals surface area contributed by atoms with Crippen molar-refractivity contribution in [2.24, 2.45) is 5.92 Å². The summed E-state index contributed by atoms with van der Waals surface area (Å²) in [5, 5.41) is 19.2. The minimum absolute atomic E-state index is 0.232. The molecule has 3 nitrogen and oxygen atoms in total. The van der Waals surface area contributed by atoms with Crippen LogP contribution in [0.15, 0.2) is 12.1 Å². The third-order valence-electron chi connectivity index (χ3n) is 3.80. The van der Waals surface area contributed by atoms with Gasteiger partial charge in [-0.25, -0.2) is 0 Å². The summed E-state index contributed by atoms with van der Waals surface area (Å²) in [5.74, 6) is -0.786. The highest BCUT2D eigenvalue weighted by Crippen LogP contribution is 2.38. The zero-order chi connectivity index (χ0) is 14.8. The first-order valence-electron chi connectivity index (χ1n) is 6.68. The highest BCUT2D eigenvalue weighted by atomic mass is 16.4. The molecule has 0 radical (unpaired) electrons. The minimum Gasteiger partial charge on any atom is -0.507 e. The largest absolute Gasteiger partial charge is 0.507 e. The summed E-state index contributed by atoms with van der Waals surface area (Å²) in [7, 11) is 0. The maximum atomic E-state index is 10.9. The van der Waals surface area contributed by atoms with Gasteiger partial charge in [0.2, 0.25) is 0 Å². The van der Waals surface area contributed by atoms with Crippen molar-refractivity contribution in [3.63, 3.8) is 0 Å². The molecular weight excluding hydrogens is 240 g/mol. The van der Waals surface area contributed by atoms with Crippen LogP contribution in [0.2, 0.25) is 0 Å². The van der Waals surface area contributed by atoms with Gasteiger partial charge in [-0.2, -0.15) is 0 Å². The highest BCUT2D eigenvalue weighted by molar-refractivity contribution is 5.69. The van der Waals surface area contributed by atoms with E-state index in [1.807, 2.05) is 26.0 Å². The Labute approximate surface area is 115 Å². The van der Waals surface area contributed by atoms with Gasteiger partial charge in [0, 0.05) is 5.56 Å². The summed E-state index contributed by atoms with van der Waals surface area (Å²) in [5.41, 5.74) is 2.66. The molecule has 1 aromatic carbocycles. The lowest BCUT2D eigenvalue weighted by Gasteiger charge is -2.28. The number of aryl methyl sites for hydroxylation is 2. The van der Waals surface area contributed by atoms with Crippen LogP contribution >= 0.6 is 0 Å². The van der Waals surface area contributed by atoms with Crippen LogP contribution in [-0.2, 0) is 10.2 Å². The van der Waals surface area contributed by atoms with Crippen molar-refractivity contribution in [1.29, 1.82) is 0 Å². The van der Waals surface area contributed by atoms with E-state index in [4.69, 9.17) is 5.11 Å². The molecule has 0 spiro atoms. The van der Waals surface area contributed by atoms with Crippen molar-refractivity contribution in [2.75, 3.05) is 0 Å². The van der Waals surface area contributed by atoms with E-state index >= 15 is 0 Å². The molecule has 0 saturated carbocycles. The van der Waals surface area contributed by atoms with Crippen LogP contribution in [0, 0.1) is 19.8 Å². The number of carbonyl (C=O) groups is 1. The normalized spacial score (nSPS) is 13.3. The Morgan fingerprint density at radius 2 is 1.89 bits per heavy atom. The number of carboxylic acid groups (broad SMARTS) is 1. The predicted octanol–water partition coefficient (Wildman–Crippen LogP) is 3.79. The van der Waals surface area contributed by atoms with Gasteiger partial charge in [-0.1, -0.05) is 38.5 Å². The molecule has 0 aliphatic carbocycles. The average molecular weight is 264 g/mol. The van der Waals surface area contributed by atoms with Crippen molar-refractivity contribution in [2.45, 2.75) is 52.9 Å². The number of hydrogen-bond donors (Lipinski definition) is 2. The minimum atomic E-state index is -0.763. The summed E-state index contributed by atoms with van der Waals surface area (Å²) in [6, 6.07) is 3.95. The van der Waals surface area contributed by atoms with E-state index in [1.165, 1.54) is 0 Å². The monoisotopic (exact) mass is 264 g/mol. The van der Waals surface area contributed by atoms with Gasteiger partial charge in [0.15, 0.2) is 0 Å². The van der Waals surface area contributed by atoms with E-state index in [0.29, 0.717) is 12.2 Å². The molecule has 1 aromatic rings. The molecule has 0 aliphatic heterocycles. The third kappa shape index (κ3) is 3.72. The molecule has 1 unspecified atom stereocenters. The molecule has 0 heterocycles. The first-order valence-corrected chi connectivity index (χ1v) is 6.68. The lowest BCUT2D eigenvalue weighted by atomic mass is 9.77. The molecule has 19 heavy (non-hydrogen) atoms. The van der Waals surface area contributed by atoms with Crippen LogP contribution in [0.5, 0.6) is 5.75 Å². The van der Waals surface area contributed by atoms with Crippen LogP contribution in [0.25, 0.3) is 0 Å². The summed E-state index contributed by atoms with van der Waals surface area (Å²) in [4.78, 5) is 10.9. The van der Waals surface area contributed by atoms with Crippen molar-refractivity contribution >= 4 is 5.97 Å². The third-order valence-corrected chi connectivity index (χ3v) is 3.80. The van der Waals surface area contributed by atoms with Gasteiger partial charge >= 0.3 is 5.97 Å². The van der Waals surface area contributed by atoms with Gasteiger partial charge in [0.1, 0.15) is 5.75 Å². The summed E-state index contributed by atoms with van der Waals surface area (Å²) >= 11 is 0. The van der Waals surface area contributed by atoms with E-state index in [9.17, 15) is 9.90 Å². The zero-order valence-electron chi connectivity index (χ0n) is 12.4. The second-order valence-corrected chi connectivity index (χ2v) is 6.14. The lowest BCUT2D eigenvalue weighted by molar-refractivity contribution is -0.141. The maximum absolute atomic E-state index is 10.9. The standard InChI is InChI=1S/C16H24O3/c1-10-8-12(3)14(17)13(9-10)16(4,5)7-6-11(2)15(18)19/h8-9,11,17H,6-7H2,1-5H3,(H,18,19). The average Bonchev–Trinajstić information content (AvgIpc) is 2.30. The van der Waals surface area contributed by atoms with Crippen LogP contribution in [-0.4, -0.2) is 16.2 Å². The quantitative estimate of drug-likeness (QED) is 0.850. The smallest absolute Gasteiger partial charge is 0.306 e. The zero-order valence-corrected chi connectivity index (χ0v) is 12.4. The van der Waals surface area contributed by atoms with Crippen molar-refractivity contribution in [1.82, 2.24) is 0 Å². The van der Waals surface area contributed by atoms with Crippen LogP contribution in [0.4, 0.5) is 0 Å².